The van der Waals surface area contributed by atoms with Crippen molar-refractivity contribution in [2.24, 2.45) is 0 Å². The first-order chi connectivity index (χ1) is 8.33. The molecule has 1 atom stereocenters. The molecular weight excluding hydrogens is 281 g/mol. The van der Waals surface area contributed by atoms with Gasteiger partial charge in [0.15, 0.2) is 0 Å². The summed E-state index contributed by atoms with van der Waals surface area (Å²) in [5.74, 6) is 0. The molecule has 110 valence electrons. The summed E-state index contributed by atoms with van der Waals surface area (Å²) >= 11 is 0. The van der Waals surface area contributed by atoms with E-state index >= 15 is 0 Å². The minimum atomic E-state index is -4.08. The van der Waals surface area contributed by atoms with Crippen LogP contribution in [0.15, 0.2) is 0 Å². The summed E-state index contributed by atoms with van der Waals surface area (Å²) in [6, 6.07) is 0. The van der Waals surface area contributed by atoms with Gasteiger partial charge in [0.25, 0.3) is 0 Å². The van der Waals surface area contributed by atoms with Gasteiger partial charge in [0, 0.05) is 19.0 Å². The molecule has 0 aromatic rings. The van der Waals surface area contributed by atoms with Crippen molar-refractivity contribution in [3.8, 4) is 0 Å². The van der Waals surface area contributed by atoms with Crippen molar-refractivity contribution in [1.82, 2.24) is 0 Å². The van der Waals surface area contributed by atoms with E-state index < -0.39 is 25.2 Å². The van der Waals surface area contributed by atoms with E-state index in [-0.39, 0.29) is 42.4 Å². The molecule has 7 heteroatoms. The SMILES string of the molecule is F[C-](F)C(F)CCCCCCCCCC(F)(F)F.[Na+]. The van der Waals surface area contributed by atoms with E-state index in [0.717, 1.165) is 12.8 Å². The number of halogens is 6. The van der Waals surface area contributed by atoms with Gasteiger partial charge >= 0.3 is 35.7 Å². The first-order valence-corrected chi connectivity index (χ1v) is 6.21. The second kappa shape index (κ2) is 12.3. The van der Waals surface area contributed by atoms with Gasteiger partial charge in [-0.05, 0) is 12.8 Å². The number of rotatable bonds is 10. The third-order valence-corrected chi connectivity index (χ3v) is 2.65. The van der Waals surface area contributed by atoms with Crippen molar-refractivity contribution in [1.29, 1.82) is 0 Å². The van der Waals surface area contributed by atoms with Crippen molar-refractivity contribution in [3.05, 3.63) is 6.43 Å². The quantitative estimate of drug-likeness (QED) is 0.252. The summed E-state index contributed by atoms with van der Waals surface area (Å²) in [5.41, 5.74) is 0. The minimum absolute atomic E-state index is 0. The fraction of sp³-hybridized carbons (Fsp3) is 0.917. The van der Waals surface area contributed by atoms with Gasteiger partial charge in [0.05, 0.1) is 0 Å². The van der Waals surface area contributed by atoms with Gasteiger partial charge in [-0.2, -0.15) is 13.2 Å². The van der Waals surface area contributed by atoms with Crippen molar-refractivity contribution in [2.75, 3.05) is 0 Å². The molecule has 0 saturated heterocycles. The Labute approximate surface area is 132 Å². The van der Waals surface area contributed by atoms with Gasteiger partial charge in [-0.25, -0.2) is 0 Å². The van der Waals surface area contributed by atoms with Gasteiger partial charge in [-0.15, -0.1) is 0 Å². The third kappa shape index (κ3) is 16.5. The van der Waals surface area contributed by atoms with Gasteiger partial charge in [-0.3, -0.25) is 4.39 Å². The number of unbranched alkanes of at least 4 members (excludes halogenated alkanes) is 6. The summed E-state index contributed by atoms with van der Waals surface area (Å²) in [7, 11) is 0. The van der Waals surface area contributed by atoms with E-state index in [1.807, 2.05) is 0 Å². The van der Waals surface area contributed by atoms with Crippen LogP contribution in [-0.4, -0.2) is 12.3 Å². The van der Waals surface area contributed by atoms with E-state index in [1.165, 1.54) is 0 Å². The zero-order valence-corrected chi connectivity index (χ0v) is 13.2. The fourth-order valence-corrected chi connectivity index (χ4v) is 1.64. The van der Waals surface area contributed by atoms with E-state index in [4.69, 9.17) is 0 Å². The van der Waals surface area contributed by atoms with Gasteiger partial charge in [-0.1, -0.05) is 38.5 Å². The maximum Gasteiger partial charge on any atom is 1.00 e. The molecule has 0 nitrogen and oxygen atoms in total. The second-order valence-corrected chi connectivity index (χ2v) is 4.39. The predicted molar refractivity (Wildman–Crippen MR) is 58.0 cm³/mol. The Kier molecular flexibility index (Phi) is 14.2. The van der Waals surface area contributed by atoms with E-state index in [9.17, 15) is 26.3 Å². The summed E-state index contributed by atoms with van der Waals surface area (Å²) in [5, 5.41) is 0. The summed E-state index contributed by atoms with van der Waals surface area (Å²) < 4.78 is 71.1. The van der Waals surface area contributed by atoms with E-state index in [1.54, 1.807) is 0 Å². The number of hydrogen-bond acceptors (Lipinski definition) is 0. The number of hydrogen-bond donors (Lipinski definition) is 0. The second-order valence-electron chi connectivity index (χ2n) is 4.39. The van der Waals surface area contributed by atoms with Crippen molar-refractivity contribution in [3.63, 3.8) is 0 Å². The Bertz CT molecular complexity index is 195. The molecule has 0 bridgehead atoms. The molecule has 19 heavy (non-hydrogen) atoms. The largest absolute Gasteiger partial charge is 1.00 e. The Morgan fingerprint density at radius 3 is 1.63 bits per heavy atom. The van der Waals surface area contributed by atoms with Crippen molar-refractivity contribution in [2.45, 2.75) is 70.1 Å². The van der Waals surface area contributed by atoms with Gasteiger partial charge in [0.1, 0.15) is 0 Å². The van der Waals surface area contributed by atoms with Crippen LogP contribution >= 0.6 is 0 Å². The standard InChI is InChI=1S/C12H19F6.Na/c13-10(11(14)15)8-6-4-2-1-3-5-7-9-12(16,17)18;/h10H,1-9H2;/q-1;+1. The molecule has 0 amide bonds. The van der Waals surface area contributed by atoms with Crippen LogP contribution in [0.5, 0.6) is 0 Å². The maximum absolute atomic E-state index is 12.4. The van der Waals surface area contributed by atoms with Crippen molar-refractivity contribution < 1.29 is 55.9 Å². The normalized spacial score (nSPS) is 13.4. The minimum Gasteiger partial charge on any atom is -0.418 e. The molecule has 0 spiro atoms. The Morgan fingerprint density at radius 2 is 1.21 bits per heavy atom. The monoisotopic (exact) mass is 300 g/mol. The van der Waals surface area contributed by atoms with Gasteiger partial charge < -0.3 is 8.78 Å². The van der Waals surface area contributed by atoms with Crippen molar-refractivity contribution >= 4 is 0 Å². The fourth-order valence-electron chi connectivity index (χ4n) is 1.64. The smallest absolute Gasteiger partial charge is 0.418 e. The average molecular weight is 300 g/mol. The molecule has 0 rings (SSSR count). The zero-order valence-electron chi connectivity index (χ0n) is 11.2. The van der Waals surface area contributed by atoms with Gasteiger partial charge in [0.2, 0.25) is 0 Å². The first-order valence-electron chi connectivity index (χ1n) is 6.21. The molecule has 0 fully saturated rings. The molecule has 0 aliphatic rings. The van der Waals surface area contributed by atoms with Crippen LogP contribution in [0.3, 0.4) is 0 Å². The maximum atomic E-state index is 12.4. The molecule has 0 N–H and O–H groups in total. The number of alkyl halides is 4. The molecule has 1 unspecified atom stereocenters. The molecule has 0 aromatic carbocycles. The molecule has 0 aromatic heterocycles. The Hall–Kier alpha value is 0.580. The summed E-state index contributed by atoms with van der Waals surface area (Å²) in [4.78, 5) is 0. The predicted octanol–water partition coefficient (Wildman–Crippen LogP) is 2.83. The molecule has 0 aliphatic heterocycles. The molecule has 0 heterocycles. The third-order valence-electron chi connectivity index (χ3n) is 2.65. The van der Waals surface area contributed by atoms with E-state index in [2.05, 4.69) is 0 Å². The van der Waals surface area contributed by atoms with Crippen LogP contribution in [0.1, 0.15) is 57.8 Å². The first kappa shape index (κ1) is 21.9. The van der Waals surface area contributed by atoms with Crippen LogP contribution in [-0.2, 0) is 0 Å². The van der Waals surface area contributed by atoms with Crippen LogP contribution in [0, 0.1) is 6.43 Å². The van der Waals surface area contributed by atoms with Crippen LogP contribution in [0.2, 0.25) is 0 Å². The van der Waals surface area contributed by atoms with Crippen LogP contribution < -0.4 is 29.6 Å². The summed E-state index contributed by atoms with van der Waals surface area (Å²) in [6.07, 6.45) is -5.37. The Balaban J connectivity index is 0. The topological polar surface area (TPSA) is 0 Å². The molecule has 0 saturated carbocycles. The molecule has 0 aliphatic carbocycles. The van der Waals surface area contributed by atoms with E-state index in [0.29, 0.717) is 25.7 Å². The van der Waals surface area contributed by atoms with Crippen LogP contribution in [0.4, 0.5) is 26.3 Å². The molecule has 0 radical (unpaired) electrons. The summed E-state index contributed by atoms with van der Waals surface area (Å²) in [6.45, 7) is 0. The Morgan fingerprint density at radius 1 is 0.789 bits per heavy atom. The molecular formula is C12H19F6Na. The average Bonchev–Trinajstić information content (AvgIpc) is 2.24. The van der Waals surface area contributed by atoms with Crippen LogP contribution in [0.25, 0.3) is 0 Å². The zero-order chi connectivity index (χ0) is 14.0.